The Morgan fingerprint density at radius 2 is 2.25 bits per heavy atom. The van der Waals surface area contributed by atoms with Gasteiger partial charge in [-0.2, -0.15) is 0 Å². The van der Waals surface area contributed by atoms with Crippen molar-refractivity contribution in [3.8, 4) is 0 Å². The van der Waals surface area contributed by atoms with Gasteiger partial charge in [0, 0.05) is 7.05 Å². The van der Waals surface area contributed by atoms with Crippen LogP contribution in [0.25, 0.3) is 0 Å². The minimum absolute atomic E-state index is 0.488. The second kappa shape index (κ2) is 3.01. The molecule has 0 radical (unpaired) electrons. The molecule has 0 aliphatic heterocycles. The van der Waals surface area contributed by atoms with Crippen LogP contribution in [0.5, 0.6) is 0 Å². The molecule has 0 saturated carbocycles. The summed E-state index contributed by atoms with van der Waals surface area (Å²) in [5.74, 6) is 0. The van der Waals surface area contributed by atoms with E-state index >= 15 is 0 Å². The smallest absolute Gasteiger partial charge is 0.289 e. The van der Waals surface area contributed by atoms with Gasteiger partial charge in [0.25, 0.3) is 11.3 Å². The van der Waals surface area contributed by atoms with Crippen LogP contribution in [0.1, 0.15) is 0 Å². The molecule has 0 heterocycles. The average Bonchev–Trinajstić information content (AvgIpc) is 1.64. The monoisotopic (exact) mass is 157 g/mol. The van der Waals surface area contributed by atoms with Gasteiger partial charge in [-0.05, 0) is 11.6 Å². The van der Waals surface area contributed by atoms with E-state index in [1.807, 2.05) is 0 Å². The number of carbonyl (C=O) groups excluding carboxylic acids is 1. The molecule has 0 rings (SSSR count). The van der Waals surface area contributed by atoms with E-state index in [4.69, 9.17) is 16.2 Å². The van der Waals surface area contributed by atoms with Gasteiger partial charge >= 0.3 is 5.37 Å². The molecule has 0 fully saturated rings. The van der Waals surface area contributed by atoms with Gasteiger partial charge in [-0.3, -0.25) is 9.35 Å². The zero-order valence-corrected chi connectivity index (χ0v) is 5.57. The molecule has 0 aliphatic rings. The third-order valence-corrected chi connectivity index (χ3v) is 1.47. The molecule has 1 atom stereocenters. The summed E-state index contributed by atoms with van der Waals surface area (Å²) in [6.07, 6.45) is 0. The van der Waals surface area contributed by atoms with Gasteiger partial charge in [0.15, 0.2) is 0 Å². The summed E-state index contributed by atoms with van der Waals surface area (Å²) < 4.78 is 18.4. The van der Waals surface area contributed by atoms with E-state index in [0.29, 0.717) is 4.31 Å². The van der Waals surface area contributed by atoms with Gasteiger partial charge in [-0.15, -0.1) is 0 Å². The SMILES string of the molecule is CN(C(=O)Cl)S(=O)O. The molecule has 4 nitrogen and oxygen atoms in total. The molecule has 0 spiro atoms. The number of carbonyl (C=O) groups is 1. The van der Waals surface area contributed by atoms with Crippen LogP contribution in [0.2, 0.25) is 0 Å². The number of halogens is 1. The minimum atomic E-state index is -2.29. The maximum atomic E-state index is 9.92. The summed E-state index contributed by atoms with van der Waals surface area (Å²) in [6.45, 7) is 0. The number of hydrogen-bond donors (Lipinski definition) is 1. The molecular weight excluding hydrogens is 154 g/mol. The molecule has 0 bridgehead atoms. The zero-order chi connectivity index (χ0) is 6.73. The van der Waals surface area contributed by atoms with Crippen LogP contribution in [0.15, 0.2) is 0 Å². The van der Waals surface area contributed by atoms with Gasteiger partial charge in [-0.25, -0.2) is 8.51 Å². The molecule has 0 aromatic carbocycles. The molecule has 1 unspecified atom stereocenters. The van der Waals surface area contributed by atoms with Crippen molar-refractivity contribution >= 4 is 28.2 Å². The Labute approximate surface area is 53.8 Å². The Morgan fingerprint density at radius 1 is 1.88 bits per heavy atom. The summed E-state index contributed by atoms with van der Waals surface area (Å²) in [5.41, 5.74) is 0. The van der Waals surface area contributed by atoms with Crippen molar-refractivity contribution < 1.29 is 13.6 Å². The van der Waals surface area contributed by atoms with Crippen LogP contribution < -0.4 is 0 Å². The summed E-state index contributed by atoms with van der Waals surface area (Å²) in [4.78, 5) is 9.92. The maximum absolute atomic E-state index is 9.92. The van der Waals surface area contributed by atoms with Crippen LogP contribution in [-0.4, -0.2) is 25.5 Å². The lowest BCUT2D eigenvalue weighted by Crippen LogP contribution is -2.22. The van der Waals surface area contributed by atoms with Crippen molar-refractivity contribution in [3.63, 3.8) is 0 Å². The van der Waals surface area contributed by atoms with Crippen LogP contribution in [0, 0.1) is 0 Å². The van der Waals surface area contributed by atoms with E-state index in [0.717, 1.165) is 7.05 Å². The van der Waals surface area contributed by atoms with Crippen LogP contribution in [0.4, 0.5) is 4.79 Å². The summed E-state index contributed by atoms with van der Waals surface area (Å²) in [6, 6.07) is 0. The molecule has 48 valence electrons. The maximum Gasteiger partial charge on any atom is 0.329 e. The first-order valence-corrected chi connectivity index (χ1v) is 3.04. The van der Waals surface area contributed by atoms with Crippen LogP contribution in [0.3, 0.4) is 0 Å². The predicted octanol–water partition coefficient (Wildman–Crippen LogP) is 0.414. The molecule has 0 aromatic heterocycles. The Kier molecular flexibility index (Phi) is 2.96. The van der Waals surface area contributed by atoms with Gasteiger partial charge < -0.3 is 0 Å². The highest BCUT2D eigenvalue weighted by molar-refractivity contribution is 7.77. The fraction of sp³-hybridized carbons (Fsp3) is 0.500. The van der Waals surface area contributed by atoms with E-state index < -0.39 is 16.6 Å². The Morgan fingerprint density at radius 3 is 2.25 bits per heavy atom. The van der Waals surface area contributed by atoms with Crippen molar-refractivity contribution in [1.29, 1.82) is 0 Å². The van der Waals surface area contributed by atoms with Gasteiger partial charge in [0.05, 0.1) is 0 Å². The van der Waals surface area contributed by atoms with E-state index in [-0.39, 0.29) is 0 Å². The fourth-order valence-corrected chi connectivity index (χ4v) is 0.361. The predicted molar refractivity (Wildman–Crippen MR) is 29.8 cm³/mol. The highest BCUT2D eigenvalue weighted by atomic mass is 35.5. The molecule has 1 N–H and O–H groups in total. The summed E-state index contributed by atoms with van der Waals surface area (Å²) in [7, 11) is 1.12. The first-order valence-electron chi connectivity index (χ1n) is 1.60. The van der Waals surface area contributed by atoms with Gasteiger partial charge in [0.2, 0.25) is 0 Å². The van der Waals surface area contributed by atoms with E-state index in [2.05, 4.69) is 0 Å². The summed E-state index contributed by atoms with van der Waals surface area (Å²) in [5, 5.41) is -0.953. The van der Waals surface area contributed by atoms with E-state index in [9.17, 15) is 9.00 Å². The molecule has 8 heavy (non-hydrogen) atoms. The lowest BCUT2D eigenvalue weighted by molar-refractivity contribution is 0.249. The Balaban J connectivity index is 3.83. The second-order valence-corrected chi connectivity index (χ2v) is 2.31. The quantitative estimate of drug-likeness (QED) is 0.341. The van der Waals surface area contributed by atoms with Crippen molar-refractivity contribution in [1.82, 2.24) is 4.31 Å². The molecule has 0 aliphatic carbocycles. The first kappa shape index (κ1) is 7.87. The van der Waals surface area contributed by atoms with Crippen molar-refractivity contribution in [2.45, 2.75) is 0 Å². The molecule has 1 amide bonds. The van der Waals surface area contributed by atoms with E-state index in [1.54, 1.807) is 0 Å². The zero-order valence-electron chi connectivity index (χ0n) is 4.00. The van der Waals surface area contributed by atoms with Crippen molar-refractivity contribution in [3.05, 3.63) is 0 Å². The van der Waals surface area contributed by atoms with Crippen molar-refractivity contribution in [2.24, 2.45) is 0 Å². The highest BCUT2D eigenvalue weighted by Crippen LogP contribution is 1.92. The van der Waals surface area contributed by atoms with Gasteiger partial charge in [-0.1, -0.05) is 0 Å². The second-order valence-electron chi connectivity index (χ2n) is 0.981. The third-order valence-electron chi connectivity index (χ3n) is 0.482. The number of nitrogens with zero attached hydrogens (tertiary/aromatic N) is 1. The number of hydrogen-bond acceptors (Lipinski definition) is 2. The van der Waals surface area contributed by atoms with Crippen LogP contribution in [-0.2, 0) is 11.3 Å². The molecule has 0 aromatic rings. The standard InChI is InChI=1S/C2H4ClNO3S/c1-4(2(3)5)8(6)7/h1H3,(H,6,7). The fourth-order valence-electron chi connectivity index (χ4n) is 0.0614. The summed E-state index contributed by atoms with van der Waals surface area (Å²) >= 11 is 2.47. The number of amides is 1. The average molecular weight is 158 g/mol. The van der Waals surface area contributed by atoms with Gasteiger partial charge in [0.1, 0.15) is 0 Å². The normalized spacial score (nSPS) is 12.9. The number of rotatable bonds is 1. The molecule has 6 heteroatoms. The Bertz CT molecular complexity index is 112. The topological polar surface area (TPSA) is 57.6 Å². The lowest BCUT2D eigenvalue weighted by atomic mass is 11.2. The Hall–Kier alpha value is -0.130. The molecular formula is C2H4ClNO3S. The highest BCUT2D eigenvalue weighted by Gasteiger charge is 2.08. The third kappa shape index (κ3) is 2.25. The molecule has 0 saturated heterocycles. The van der Waals surface area contributed by atoms with E-state index in [1.165, 1.54) is 0 Å². The first-order chi connectivity index (χ1) is 3.55. The van der Waals surface area contributed by atoms with Crippen LogP contribution >= 0.6 is 11.6 Å². The van der Waals surface area contributed by atoms with Crippen molar-refractivity contribution in [2.75, 3.05) is 7.05 Å². The minimum Gasteiger partial charge on any atom is -0.289 e. The lowest BCUT2D eigenvalue weighted by Gasteiger charge is -2.03. The largest absolute Gasteiger partial charge is 0.329 e.